The predicted octanol–water partition coefficient (Wildman–Crippen LogP) is 0.805. The van der Waals surface area contributed by atoms with Crippen LogP contribution in [0.2, 0.25) is 0 Å². The molecule has 98 valence electrons. The zero-order chi connectivity index (χ0) is 13.0. The predicted molar refractivity (Wildman–Crippen MR) is 68.9 cm³/mol. The monoisotopic (exact) mass is 248 g/mol. The van der Waals surface area contributed by atoms with Crippen LogP contribution in [-0.2, 0) is 20.1 Å². The van der Waals surface area contributed by atoms with Gasteiger partial charge in [-0.3, -0.25) is 4.68 Å². The molecule has 2 aromatic heterocycles. The van der Waals surface area contributed by atoms with Crippen LogP contribution < -0.4 is 5.32 Å². The van der Waals surface area contributed by atoms with E-state index in [0.717, 1.165) is 24.3 Å². The maximum absolute atomic E-state index is 4.14. The number of hydrogen-bond donors (Lipinski definition) is 1. The van der Waals surface area contributed by atoms with Crippen LogP contribution in [0, 0.1) is 5.92 Å². The molecular weight excluding hydrogens is 228 g/mol. The largest absolute Gasteiger partial charge is 0.311 e. The number of nitrogens with zero attached hydrogens (tertiary/aromatic N) is 5. The highest BCUT2D eigenvalue weighted by Gasteiger charge is 2.03. The zero-order valence-corrected chi connectivity index (χ0v) is 11.2. The van der Waals surface area contributed by atoms with E-state index in [9.17, 15) is 0 Å². The van der Waals surface area contributed by atoms with Gasteiger partial charge in [-0.1, -0.05) is 19.1 Å². The quantitative estimate of drug-likeness (QED) is 0.821. The van der Waals surface area contributed by atoms with Gasteiger partial charge in [0.1, 0.15) is 0 Å². The summed E-state index contributed by atoms with van der Waals surface area (Å²) < 4.78 is 3.63. The third-order valence-corrected chi connectivity index (χ3v) is 2.55. The first-order valence-electron chi connectivity index (χ1n) is 6.20. The van der Waals surface area contributed by atoms with E-state index in [2.05, 4.69) is 34.6 Å². The molecule has 0 bridgehead atoms. The van der Waals surface area contributed by atoms with Gasteiger partial charge in [0.05, 0.1) is 24.6 Å². The molecule has 1 N–H and O–H groups in total. The van der Waals surface area contributed by atoms with Crippen molar-refractivity contribution in [3.05, 3.63) is 29.8 Å². The summed E-state index contributed by atoms with van der Waals surface area (Å²) in [4.78, 5) is 0. The third kappa shape index (κ3) is 3.66. The molecule has 0 atom stereocenters. The summed E-state index contributed by atoms with van der Waals surface area (Å²) in [6.07, 6.45) is 5.80. The summed E-state index contributed by atoms with van der Waals surface area (Å²) in [7, 11) is 1.91. The summed E-state index contributed by atoms with van der Waals surface area (Å²) in [5, 5.41) is 15.7. The molecular formula is C12H20N6. The van der Waals surface area contributed by atoms with E-state index in [1.165, 1.54) is 0 Å². The van der Waals surface area contributed by atoms with Crippen molar-refractivity contribution in [2.45, 2.75) is 26.9 Å². The van der Waals surface area contributed by atoms with Gasteiger partial charge in [0.15, 0.2) is 0 Å². The Morgan fingerprint density at radius 3 is 2.83 bits per heavy atom. The van der Waals surface area contributed by atoms with Crippen molar-refractivity contribution < 1.29 is 0 Å². The highest BCUT2D eigenvalue weighted by atomic mass is 15.4. The molecule has 0 unspecified atom stereocenters. The Morgan fingerprint density at radius 2 is 2.17 bits per heavy atom. The summed E-state index contributed by atoms with van der Waals surface area (Å²) >= 11 is 0. The van der Waals surface area contributed by atoms with Gasteiger partial charge in [0.25, 0.3) is 0 Å². The molecule has 0 aliphatic rings. The van der Waals surface area contributed by atoms with E-state index in [1.807, 2.05) is 30.3 Å². The standard InChI is InChI=1S/C12H20N6/c1-10(2)4-13-6-12-9-18(16-15-12)8-11-5-14-17(3)7-11/h5,7,9-10,13H,4,6,8H2,1-3H3. The van der Waals surface area contributed by atoms with Crippen LogP contribution in [0.3, 0.4) is 0 Å². The zero-order valence-electron chi connectivity index (χ0n) is 11.2. The average Bonchev–Trinajstić information content (AvgIpc) is 2.89. The highest BCUT2D eigenvalue weighted by molar-refractivity contribution is 5.04. The van der Waals surface area contributed by atoms with Gasteiger partial charge >= 0.3 is 0 Å². The smallest absolute Gasteiger partial charge is 0.0964 e. The van der Waals surface area contributed by atoms with E-state index < -0.39 is 0 Å². The Bertz CT molecular complexity index is 484. The minimum atomic E-state index is 0.649. The molecule has 0 saturated carbocycles. The van der Waals surface area contributed by atoms with Crippen LogP contribution in [0.25, 0.3) is 0 Å². The molecule has 0 radical (unpaired) electrons. The molecule has 0 saturated heterocycles. The number of aryl methyl sites for hydroxylation is 1. The molecule has 2 rings (SSSR count). The molecule has 6 nitrogen and oxygen atoms in total. The molecule has 0 fully saturated rings. The summed E-state index contributed by atoms with van der Waals surface area (Å²) in [5.74, 6) is 0.649. The first kappa shape index (κ1) is 12.8. The van der Waals surface area contributed by atoms with Crippen molar-refractivity contribution in [2.24, 2.45) is 13.0 Å². The lowest BCUT2D eigenvalue weighted by atomic mass is 10.2. The van der Waals surface area contributed by atoms with Gasteiger partial charge in [-0.25, -0.2) is 4.68 Å². The van der Waals surface area contributed by atoms with Crippen LogP contribution in [-0.4, -0.2) is 31.3 Å². The van der Waals surface area contributed by atoms with Crippen molar-refractivity contribution in [3.8, 4) is 0 Å². The molecule has 0 spiro atoms. The molecule has 2 aromatic rings. The van der Waals surface area contributed by atoms with Gasteiger partial charge in [-0.2, -0.15) is 5.10 Å². The highest BCUT2D eigenvalue weighted by Crippen LogP contribution is 2.01. The van der Waals surface area contributed by atoms with Crippen molar-refractivity contribution in [3.63, 3.8) is 0 Å². The lowest BCUT2D eigenvalue weighted by molar-refractivity contribution is 0.548. The fourth-order valence-corrected chi connectivity index (χ4v) is 1.73. The van der Waals surface area contributed by atoms with Crippen LogP contribution in [0.15, 0.2) is 18.6 Å². The molecule has 0 amide bonds. The van der Waals surface area contributed by atoms with E-state index in [0.29, 0.717) is 12.5 Å². The minimum absolute atomic E-state index is 0.649. The Labute approximate surface area is 107 Å². The Balaban J connectivity index is 1.86. The van der Waals surface area contributed by atoms with Crippen LogP contribution in [0.5, 0.6) is 0 Å². The fraction of sp³-hybridized carbons (Fsp3) is 0.583. The molecule has 18 heavy (non-hydrogen) atoms. The average molecular weight is 248 g/mol. The van der Waals surface area contributed by atoms with Crippen molar-refractivity contribution in [1.82, 2.24) is 30.1 Å². The molecule has 2 heterocycles. The Kier molecular flexibility index (Phi) is 4.09. The Morgan fingerprint density at radius 1 is 1.33 bits per heavy atom. The van der Waals surface area contributed by atoms with Crippen LogP contribution >= 0.6 is 0 Å². The summed E-state index contributed by atoms with van der Waals surface area (Å²) in [5.41, 5.74) is 2.10. The van der Waals surface area contributed by atoms with Crippen molar-refractivity contribution >= 4 is 0 Å². The normalized spacial score (nSPS) is 11.3. The van der Waals surface area contributed by atoms with E-state index in [4.69, 9.17) is 0 Å². The number of aromatic nitrogens is 5. The van der Waals surface area contributed by atoms with Crippen molar-refractivity contribution in [2.75, 3.05) is 6.54 Å². The maximum Gasteiger partial charge on any atom is 0.0964 e. The Hall–Kier alpha value is -1.69. The lowest BCUT2D eigenvalue weighted by Gasteiger charge is -2.04. The van der Waals surface area contributed by atoms with Gasteiger partial charge in [0.2, 0.25) is 0 Å². The first-order chi connectivity index (χ1) is 8.63. The fourth-order valence-electron chi connectivity index (χ4n) is 1.73. The van der Waals surface area contributed by atoms with Crippen molar-refractivity contribution in [1.29, 1.82) is 0 Å². The summed E-state index contributed by atoms with van der Waals surface area (Å²) in [6.45, 7) is 6.85. The second-order valence-electron chi connectivity index (χ2n) is 4.95. The van der Waals surface area contributed by atoms with Gasteiger partial charge in [0, 0.05) is 25.4 Å². The minimum Gasteiger partial charge on any atom is -0.311 e. The number of hydrogen-bond acceptors (Lipinski definition) is 4. The SMILES string of the molecule is CC(C)CNCc1cn(Cc2cnn(C)c2)nn1. The topological polar surface area (TPSA) is 60.6 Å². The second kappa shape index (κ2) is 5.77. The lowest BCUT2D eigenvalue weighted by Crippen LogP contribution is -2.19. The molecule has 0 aromatic carbocycles. The third-order valence-electron chi connectivity index (χ3n) is 2.55. The maximum atomic E-state index is 4.14. The van der Waals surface area contributed by atoms with E-state index in [-0.39, 0.29) is 0 Å². The number of rotatable bonds is 6. The molecule has 6 heteroatoms. The number of nitrogens with one attached hydrogen (secondary N) is 1. The molecule has 0 aliphatic heterocycles. The van der Waals surface area contributed by atoms with E-state index in [1.54, 1.807) is 4.68 Å². The first-order valence-corrected chi connectivity index (χ1v) is 6.20. The second-order valence-corrected chi connectivity index (χ2v) is 4.95. The molecule has 0 aliphatic carbocycles. The van der Waals surface area contributed by atoms with Gasteiger partial charge in [-0.15, -0.1) is 5.10 Å². The van der Waals surface area contributed by atoms with E-state index >= 15 is 0 Å². The summed E-state index contributed by atoms with van der Waals surface area (Å²) in [6, 6.07) is 0. The van der Waals surface area contributed by atoms with Gasteiger partial charge in [-0.05, 0) is 12.5 Å². The van der Waals surface area contributed by atoms with Crippen LogP contribution in [0.1, 0.15) is 25.1 Å². The van der Waals surface area contributed by atoms with Crippen LogP contribution in [0.4, 0.5) is 0 Å². The van der Waals surface area contributed by atoms with Gasteiger partial charge < -0.3 is 5.32 Å².